The van der Waals surface area contributed by atoms with E-state index in [1.165, 1.54) is 0 Å². The van der Waals surface area contributed by atoms with Crippen LogP contribution >= 0.6 is 11.6 Å². The predicted octanol–water partition coefficient (Wildman–Crippen LogP) is -1.40. The second kappa shape index (κ2) is 5.58. The van der Waals surface area contributed by atoms with Gasteiger partial charge < -0.3 is 12.4 Å². The summed E-state index contributed by atoms with van der Waals surface area (Å²) in [4.78, 5) is 0. The number of aromatic nitrogens is 1. The Bertz CT molecular complexity index is 342. The molecule has 0 N–H and O–H groups in total. The Morgan fingerprint density at radius 1 is 1.69 bits per heavy atom. The minimum absolute atomic E-state index is 0. The molecule has 0 atom stereocenters. The number of nitrogens with zero attached hydrogens (tertiary/aromatic N) is 2. The Morgan fingerprint density at radius 3 is 2.92 bits per heavy atom. The molecule has 0 aromatic carbocycles. The highest BCUT2D eigenvalue weighted by Crippen LogP contribution is 1.96. The lowest BCUT2D eigenvalue weighted by Crippen LogP contribution is -3.00. The van der Waals surface area contributed by atoms with Gasteiger partial charge in [0.25, 0.3) is 0 Å². The van der Waals surface area contributed by atoms with Crippen molar-refractivity contribution < 1.29 is 17.0 Å². The third-order valence-corrected chi connectivity index (χ3v) is 1.46. The van der Waals surface area contributed by atoms with Gasteiger partial charge in [-0.1, -0.05) is 18.2 Å². The summed E-state index contributed by atoms with van der Waals surface area (Å²) in [6.07, 6.45) is 3.57. The third-order valence-electron chi connectivity index (χ3n) is 1.34. The molecule has 68 valence electrons. The Kier molecular flexibility index (Phi) is 5.13. The van der Waals surface area contributed by atoms with Crippen molar-refractivity contribution in [2.45, 2.75) is 6.54 Å². The van der Waals surface area contributed by atoms with Crippen LogP contribution in [0, 0.1) is 11.3 Å². The Balaban J connectivity index is 0.00000144. The van der Waals surface area contributed by atoms with Crippen LogP contribution in [0.1, 0.15) is 5.56 Å². The first kappa shape index (κ1) is 12.0. The molecule has 13 heavy (non-hydrogen) atoms. The smallest absolute Gasteiger partial charge is 0.187 e. The van der Waals surface area contributed by atoms with Crippen molar-refractivity contribution >= 4 is 11.6 Å². The first-order valence-electron chi connectivity index (χ1n) is 3.45. The quantitative estimate of drug-likeness (QED) is 0.558. The molecule has 0 aliphatic heterocycles. The second-order valence-electron chi connectivity index (χ2n) is 2.39. The molecule has 0 radical (unpaired) electrons. The number of nitriles is 1. The number of pyridine rings is 1. The second-order valence-corrected chi connectivity index (χ2v) is 2.93. The number of rotatable bonds is 2. The van der Waals surface area contributed by atoms with E-state index in [9.17, 15) is 0 Å². The number of halogens is 2. The summed E-state index contributed by atoms with van der Waals surface area (Å²) >= 11 is 5.61. The van der Waals surface area contributed by atoms with Crippen LogP contribution in [0.2, 0.25) is 0 Å². The van der Waals surface area contributed by atoms with E-state index in [2.05, 4.69) is 6.58 Å². The summed E-state index contributed by atoms with van der Waals surface area (Å²) in [6, 6.07) is 5.59. The molecule has 0 aliphatic rings. The van der Waals surface area contributed by atoms with E-state index in [0.29, 0.717) is 17.1 Å². The average Bonchev–Trinajstić information content (AvgIpc) is 2.03. The highest BCUT2D eigenvalue weighted by molar-refractivity contribution is 6.29. The average molecular weight is 215 g/mol. The summed E-state index contributed by atoms with van der Waals surface area (Å²) in [5.41, 5.74) is 0.621. The van der Waals surface area contributed by atoms with Crippen molar-refractivity contribution in [3.63, 3.8) is 0 Å². The van der Waals surface area contributed by atoms with Crippen molar-refractivity contribution in [3.05, 3.63) is 41.7 Å². The fourth-order valence-electron chi connectivity index (χ4n) is 0.885. The van der Waals surface area contributed by atoms with Gasteiger partial charge in [-0.2, -0.15) is 9.83 Å². The van der Waals surface area contributed by atoms with Crippen LogP contribution in [0.25, 0.3) is 0 Å². The van der Waals surface area contributed by atoms with Gasteiger partial charge in [-0.3, -0.25) is 0 Å². The lowest BCUT2D eigenvalue weighted by Gasteiger charge is -1.92. The van der Waals surface area contributed by atoms with Gasteiger partial charge in [-0.15, -0.1) is 0 Å². The zero-order valence-electron chi connectivity index (χ0n) is 6.87. The van der Waals surface area contributed by atoms with Gasteiger partial charge >= 0.3 is 0 Å². The van der Waals surface area contributed by atoms with Gasteiger partial charge in [0.1, 0.15) is 11.6 Å². The van der Waals surface area contributed by atoms with Crippen molar-refractivity contribution in [1.82, 2.24) is 0 Å². The molecule has 1 heterocycles. The van der Waals surface area contributed by atoms with E-state index in [4.69, 9.17) is 16.9 Å². The highest BCUT2D eigenvalue weighted by atomic mass is 35.5. The molecule has 0 aliphatic carbocycles. The van der Waals surface area contributed by atoms with Crippen molar-refractivity contribution in [3.8, 4) is 6.07 Å². The van der Waals surface area contributed by atoms with E-state index in [0.717, 1.165) is 0 Å². The summed E-state index contributed by atoms with van der Waals surface area (Å²) in [5.74, 6) is 0. The zero-order chi connectivity index (χ0) is 8.97. The number of hydrogen-bond acceptors (Lipinski definition) is 1. The zero-order valence-corrected chi connectivity index (χ0v) is 8.39. The standard InChI is InChI=1S/C9H8ClN2.ClH/c1-8(10)6-12-4-2-3-9(5-11)7-12;/h2-4,7H,1,6H2;1H/q+1;/p-1. The fraction of sp³-hybridized carbons (Fsp3) is 0.111. The molecule has 1 aromatic rings. The molecule has 2 nitrogen and oxygen atoms in total. The van der Waals surface area contributed by atoms with Crippen LogP contribution in [0.3, 0.4) is 0 Å². The molecule has 1 aromatic heterocycles. The summed E-state index contributed by atoms with van der Waals surface area (Å²) in [7, 11) is 0. The van der Waals surface area contributed by atoms with Crippen molar-refractivity contribution in [2.24, 2.45) is 0 Å². The molecule has 0 bridgehead atoms. The van der Waals surface area contributed by atoms with Crippen LogP contribution in [-0.2, 0) is 6.54 Å². The predicted molar refractivity (Wildman–Crippen MR) is 46.3 cm³/mol. The van der Waals surface area contributed by atoms with Crippen LogP contribution in [0.5, 0.6) is 0 Å². The molecule has 0 unspecified atom stereocenters. The topological polar surface area (TPSA) is 27.7 Å². The Labute approximate surface area is 88.5 Å². The number of hydrogen-bond donors (Lipinski definition) is 0. The maximum Gasteiger partial charge on any atom is 0.187 e. The third kappa shape index (κ3) is 3.93. The molecule has 4 heteroatoms. The fourth-order valence-corrected chi connectivity index (χ4v) is 1.02. The highest BCUT2D eigenvalue weighted by Gasteiger charge is 2.01. The maximum atomic E-state index is 8.58. The molecule has 0 saturated carbocycles. The first-order valence-corrected chi connectivity index (χ1v) is 3.82. The van der Waals surface area contributed by atoms with Gasteiger partial charge in [0.2, 0.25) is 0 Å². The largest absolute Gasteiger partial charge is 1.00 e. The molecule has 1 rings (SSSR count). The molecule has 0 saturated heterocycles. The van der Waals surface area contributed by atoms with Crippen LogP contribution < -0.4 is 17.0 Å². The van der Waals surface area contributed by atoms with Gasteiger partial charge in [0.15, 0.2) is 18.9 Å². The maximum absolute atomic E-state index is 8.58. The van der Waals surface area contributed by atoms with Crippen LogP contribution in [-0.4, -0.2) is 0 Å². The first-order chi connectivity index (χ1) is 5.72. The van der Waals surface area contributed by atoms with E-state index in [1.54, 1.807) is 18.3 Å². The lowest BCUT2D eigenvalue weighted by atomic mass is 10.3. The molecule has 0 spiro atoms. The van der Waals surface area contributed by atoms with Gasteiger partial charge in [0.05, 0.1) is 5.03 Å². The number of allylic oxidation sites excluding steroid dienone is 1. The van der Waals surface area contributed by atoms with Crippen molar-refractivity contribution in [2.75, 3.05) is 0 Å². The monoisotopic (exact) mass is 214 g/mol. The van der Waals surface area contributed by atoms with Crippen LogP contribution in [0.4, 0.5) is 0 Å². The summed E-state index contributed by atoms with van der Waals surface area (Å²) in [5, 5.41) is 9.13. The van der Waals surface area contributed by atoms with E-state index in [1.807, 2.05) is 16.8 Å². The van der Waals surface area contributed by atoms with E-state index < -0.39 is 0 Å². The minimum atomic E-state index is 0. The van der Waals surface area contributed by atoms with E-state index in [-0.39, 0.29) is 12.4 Å². The van der Waals surface area contributed by atoms with E-state index >= 15 is 0 Å². The molecule has 0 amide bonds. The molecular weight excluding hydrogens is 207 g/mol. The van der Waals surface area contributed by atoms with Crippen molar-refractivity contribution in [1.29, 1.82) is 5.26 Å². The molecule has 0 fully saturated rings. The summed E-state index contributed by atoms with van der Waals surface area (Å²) in [6.45, 7) is 4.11. The summed E-state index contributed by atoms with van der Waals surface area (Å²) < 4.78 is 1.81. The normalized spacial score (nSPS) is 8.31. The molecular formula is C9H8Cl2N2. The van der Waals surface area contributed by atoms with Crippen LogP contribution in [0.15, 0.2) is 36.1 Å². The van der Waals surface area contributed by atoms with Gasteiger partial charge in [-0.25, -0.2) is 0 Å². The Morgan fingerprint density at radius 2 is 2.38 bits per heavy atom. The Hall–Kier alpha value is -1.04. The lowest BCUT2D eigenvalue weighted by molar-refractivity contribution is -0.688. The minimum Gasteiger partial charge on any atom is -1.00 e. The van der Waals surface area contributed by atoms with Gasteiger partial charge in [0, 0.05) is 6.07 Å². The SMILES string of the molecule is C=C(Cl)C[n+]1cccc(C#N)c1.[Cl-]. The van der Waals surface area contributed by atoms with Gasteiger partial charge in [-0.05, 0) is 6.07 Å².